The maximum absolute atomic E-state index is 13.2. The van der Waals surface area contributed by atoms with Gasteiger partial charge in [-0.3, -0.25) is 4.79 Å². The molecule has 6 heteroatoms. The smallest absolute Gasteiger partial charge is 0.252 e. The van der Waals surface area contributed by atoms with Crippen LogP contribution in [0.3, 0.4) is 0 Å². The second-order valence-corrected chi connectivity index (χ2v) is 7.37. The fourth-order valence-corrected chi connectivity index (χ4v) is 3.57. The molecule has 0 spiro atoms. The zero-order chi connectivity index (χ0) is 22.5. The van der Waals surface area contributed by atoms with Gasteiger partial charge in [0.05, 0.1) is 37.0 Å². The third-order valence-electron chi connectivity index (χ3n) is 5.28. The van der Waals surface area contributed by atoms with Gasteiger partial charge in [0, 0.05) is 11.5 Å². The maximum Gasteiger partial charge on any atom is 0.252 e. The van der Waals surface area contributed by atoms with E-state index >= 15 is 0 Å². The van der Waals surface area contributed by atoms with E-state index in [-0.39, 0.29) is 11.9 Å². The summed E-state index contributed by atoms with van der Waals surface area (Å²) in [5.74, 6) is 1.69. The van der Waals surface area contributed by atoms with Gasteiger partial charge in [0.25, 0.3) is 5.91 Å². The number of para-hydroxylation sites is 1. The molecule has 2 N–H and O–H groups in total. The van der Waals surface area contributed by atoms with Crippen LogP contribution in [0.2, 0.25) is 0 Å². The molecule has 4 aromatic rings. The van der Waals surface area contributed by atoms with E-state index < -0.39 is 0 Å². The molecule has 3 aromatic carbocycles. The summed E-state index contributed by atoms with van der Waals surface area (Å²) < 4.78 is 10.7. The van der Waals surface area contributed by atoms with Crippen LogP contribution in [0.15, 0.2) is 78.9 Å². The van der Waals surface area contributed by atoms with Crippen molar-refractivity contribution in [2.24, 2.45) is 0 Å². The number of pyridine rings is 1. The Morgan fingerprint density at radius 3 is 2.41 bits per heavy atom. The van der Waals surface area contributed by atoms with Gasteiger partial charge in [-0.25, -0.2) is 4.98 Å². The summed E-state index contributed by atoms with van der Waals surface area (Å²) in [5, 5.41) is 7.16. The zero-order valence-electron chi connectivity index (χ0n) is 18.3. The first-order valence-corrected chi connectivity index (χ1v) is 10.3. The minimum atomic E-state index is -0.162. The summed E-state index contributed by atoms with van der Waals surface area (Å²) >= 11 is 0. The Morgan fingerprint density at radius 1 is 0.906 bits per heavy atom. The van der Waals surface area contributed by atoms with Crippen molar-refractivity contribution in [3.63, 3.8) is 0 Å². The van der Waals surface area contributed by atoms with Gasteiger partial charge in [-0.1, -0.05) is 48.5 Å². The van der Waals surface area contributed by atoms with Crippen molar-refractivity contribution in [1.82, 2.24) is 10.3 Å². The Bertz CT molecular complexity index is 1240. The Kier molecular flexibility index (Phi) is 6.22. The number of aromatic nitrogens is 1. The molecule has 0 aliphatic carbocycles. The summed E-state index contributed by atoms with van der Waals surface area (Å²) in [7, 11) is 3.20. The highest BCUT2D eigenvalue weighted by molar-refractivity contribution is 6.07. The molecule has 1 amide bonds. The highest BCUT2D eigenvalue weighted by atomic mass is 16.5. The van der Waals surface area contributed by atoms with E-state index in [1.54, 1.807) is 26.4 Å². The van der Waals surface area contributed by atoms with E-state index in [0.29, 0.717) is 22.9 Å². The number of anilines is 2. The van der Waals surface area contributed by atoms with Crippen molar-refractivity contribution >= 4 is 28.3 Å². The largest absolute Gasteiger partial charge is 0.497 e. The van der Waals surface area contributed by atoms with E-state index in [4.69, 9.17) is 14.5 Å². The normalized spacial score (nSPS) is 11.6. The van der Waals surface area contributed by atoms with Crippen LogP contribution in [-0.4, -0.2) is 25.1 Å². The number of fused-ring (bicyclic) bond motifs is 1. The average molecular weight is 428 g/mol. The van der Waals surface area contributed by atoms with Gasteiger partial charge in [0.15, 0.2) is 0 Å². The highest BCUT2D eigenvalue weighted by Crippen LogP contribution is 2.32. The molecule has 1 aromatic heterocycles. The topological polar surface area (TPSA) is 72.5 Å². The molecule has 0 saturated carbocycles. The Labute approximate surface area is 187 Å². The molecule has 1 unspecified atom stereocenters. The molecule has 0 aliphatic heterocycles. The van der Waals surface area contributed by atoms with Crippen LogP contribution in [0.25, 0.3) is 10.9 Å². The standard InChI is InChI=1S/C26H25N3O3/c1-17(18-9-5-4-6-10-18)27-26(30)21-16-25(28-22-12-8-7-11-20(21)22)29-23-14-13-19(31-2)15-24(23)32-3/h4-17H,1-3H3,(H,27,30)(H,28,29). The van der Waals surface area contributed by atoms with Gasteiger partial charge >= 0.3 is 0 Å². The summed E-state index contributed by atoms with van der Waals surface area (Å²) in [6, 6.07) is 24.6. The number of methoxy groups -OCH3 is 2. The molecule has 1 atom stereocenters. The summed E-state index contributed by atoms with van der Waals surface area (Å²) in [5.41, 5.74) is 3.04. The van der Waals surface area contributed by atoms with Crippen LogP contribution in [-0.2, 0) is 0 Å². The van der Waals surface area contributed by atoms with Gasteiger partial charge < -0.3 is 20.1 Å². The molecule has 6 nitrogen and oxygen atoms in total. The summed E-state index contributed by atoms with van der Waals surface area (Å²) in [4.78, 5) is 17.9. The molecule has 1 heterocycles. The fourth-order valence-electron chi connectivity index (χ4n) is 3.57. The quantitative estimate of drug-likeness (QED) is 0.408. The summed E-state index contributed by atoms with van der Waals surface area (Å²) in [6.07, 6.45) is 0. The number of nitrogens with zero attached hydrogens (tertiary/aromatic N) is 1. The van der Waals surface area contributed by atoms with Crippen molar-refractivity contribution in [1.29, 1.82) is 0 Å². The van der Waals surface area contributed by atoms with Crippen LogP contribution in [0.4, 0.5) is 11.5 Å². The predicted molar refractivity (Wildman–Crippen MR) is 127 cm³/mol. The number of carbonyl (C=O) groups is 1. The van der Waals surface area contributed by atoms with Crippen molar-refractivity contribution < 1.29 is 14.3 Å². The molecular formula is C26H25N3O3. The third kappa shape index (κ3) is 4.49. The monoisotopic (exact) mass is 427 g/mol. The first kappa shape index (κ1) is 21.2. The second kappa shape index (κ2) is 9.39. The van der Waals surface area contributed by atoms with Gasteiger partial charge in [-0.15, -0.1) is 0 Å². The van der Waals surface area contributed by atoms with E-state index in [1.165, 1.54) is 0 Å². The van der Waals surface area contributed by atoms with Crippen LogP contribution in [0.5, 0.6) is 11.5 Å². The molecule has 0 fully saturated rings. The van der Waals surface area contributed by atoms with E-state index in [0.717, 1.165) is 22.2 Å². The van der Waals surface area contributed by atoms with Gasteiger partial charge in [-0.2, -0.15) is 0 Å². The number of carbonyl (C=O) groups excluding carboxylic acids is 1. The molecule has 0 saturated heterocycles. The lowest BCUT2D eigenvalue weighted by atomic mass is 10.1. The number of nitrogens with one attached hydrogen (secondary N) is 2. The van der Waals surface area contributed by atoms with E-state index in [2.05, 4.69) is 10.6 Å². The Morgan fingerprint density at radius 2 is 1.66 bits per heavy atom. The number of amides is 1. The number of ether oxygens (including phenoxy) is 2. The number of hydrogen-bond donors (Lipinski definition) is 2. The fraction of sp³-hybridized carbons (Fsp3) is 0.154. The Hall–Kier alpha value is -4.06. The third-order valence-corrected chi connectivity index (χ3v) is 5.28. The highest BCUT2D eigenvalue weighted by Gasteiger charge is 2.17. The maximum atomic E-state index is 13.2. The van der Waals surface area contributed by atoms with E-state index in [9.17, 15) is 4.79 Å². The second-order valence-electron chi connectivity index (χ2n) is 7.37. The van der Waals surface area contributed by atoms with Gasteiger partial charge in [0.1, 0.15) is 17.3 Å². The predicted octanol–water partition coefficient (Wildman–Crippen LogP) is 5.49. The van der Waals surface area contributed by atoms with Crippen LogP contribution < -0.4 is 20.1 Å². The molecule has 162 valence electrons. The zero-order valence-corrected chi connectivity index (χ0v) is 18.3. The van der Waals surface area contributed by atoms with Crippen molar-refractivity contribution in [2.75, 3.05) is 19.5 Å². The average Bonchev–Trinajstić information content (AvgIpc) is 2.84. The van der Waals surface area contributed by atoms with Gasteiger partial charge in [0.2, 0.25) is 0 Å². The summed E-state index contributed by atoms with van der Waals surface area (Å²) in [6.45, 7) is 1.97. The lowest BCUT2D eigenvalue weighted by Crippen LogP contribution is -2.27. The van der Waals surface area contributed by atoms with Crippen molar-refractivity contribution in [3.8, 4) is 11.5 Å². The molecule has 0 bridgehead atoms. The molecular weight excluding hydrogens is 402 g/mol. The SMILES string of the molecule is COc1ccc(Nc2cc(C(=O)NC(C)c3ccccc3)c3ccccc3n2)c(OC)c1. The minimum Gasteiger partial charge on any atom is -0.497 e. The Balaban J connectivity index is 1.68. The molecule has 0 aliphatic rings. The number of rotatable bonds is 7. The van der Waals surface area contributed by atoms with Crippen molar-refractivity contribution in [3.05, 3.63) is 90.0 Å². The van der Waals surface area contributed by atoms with Crippen LogP contribution in [0, 0.1) is 0 Å². The van der Waals surface area contributed by atoms with Crippen LogP contribution >= 0.6 is 0 Å². The first-order valence-electron chi connectivity index (χ1n) is 10.3. The lowest BCUT2D eigenvalue weighted by molar-refractivity contribution is 0.0941. The van der Waals surface area contributed by atoms with E-state index in [1.807, 2.05) is 73.7 Å². The molecule has 4 rings (SSSR count). The lowest BCUT2D eigenvalue weighted by Gasteiger charge is -2.17. The molecule has 32 heavy (non-hydrogen) atoms. The first-order chi connectivity index (χ1) is 15.6. The van der Waals surface area contributed by atoms with Gasteiger partial charge in [-0.05, 0) is 36.8 Å². The minimum absolute atomic E-state index is 0.131. The number of hydrogen-bond acceptors (Lipinski definition) is 5. The number of benzene rings is 3. The van der Waals surface area contributed by atoms with Crippen LogP contribution in [0.1, 0.15) is 28.9 Å². The molecule has 0 radical (unpaired) electrons. The van der Waals surface area contributed by atoms with Crippen molar-refractivity contribution in [2.45, 2.75) is 13.0 Å².